The minimum atomic E-state index is -0.329. The third-order valence-corrected chi connectivity index (χ3v) is 3.67. The van der Waals surface area contributed by atoms with Crippen molar-refractivity contribution in [1.29, 1.82) is 0 Å². The SMILES string of the molecule is CC(O)CN(C)Cc1cc2c(cc1Br)OCCCO2. The van der Waals surface area contributed by atoms with Crippen molar-refractivity contribution in [2.24, 2.45) is 0 Å². The Balaban J connectivity index is 2.14. The number of nitrogens with zero attached hydrogens (tertiary/aromatic N) is 1. The van der Waals surface area contributed by atoms with E-state index in [0.717, 1.165) is 34.5 Å². The lowest BCUT2D eigenvalue weighted by Crippen LogP contribution is -2.26. The fourth-order valence-electron chi connectivity index (χ4n) is 2.15. The lowest BCUT2D eigenvalue weighted by Gasteiger charge is -2.20. The van der Waals surface area contributed by atoms with E-state index < -0.39 is 0 Å². The summed E-state index contributed by atoms with van der Waals surface area (Å²) in [5.41, 5.74) is 1.13. The molecule has 19 heavy (non-hydrogen) atoms. The average molecular weight is 330 g/mol. The van der Waals surface area contributed by atoms with E-state index in [1.54, 1.807) is 6.92 Å². The summed E-state index contributed by atoms with van der Waals surface area (Å²) >= 11 is 3.57. The third-order valence-electron chi connectivity index (χ3n) is 2.93. The van der Waals surface area contributed by atoms with Gasteiger partial charge in [0.25, 0.3) is 0 Å². The Morgan fingerprint density at radius 2 is 1.95 bits per heavy atom. The van der Waals surface area contributed by atoms with Crippen molar-refractivity contribution in [3.63, 3.8) is 0 Å². The van der Waals surface area contributed by atoms with E-state index in [-0.39, 0.29) is 6.10 Å². The maximum absolute atomic E-state index is 9.40. The first kappa shape index (κ1) is 14.6. The molecule has 1 atom stereocenters. The van der Waals surface area contributed by atoms with Crippen molar-refractivity contribution in [3.8, 4) is 11.5 Å². The van der Waals surface area contributed by atoms with Crippen LogP contribution in [0.25, 0.3) is 0 Å². The molecule has 0 bridgehead atoms. The number of aliphatic hydroxyl groups excluding tert-OH is 1. The van der Waals surface area contributed by atoms with E-state index in [0.29, 0.717) is 19.8 Å². The van der Waals surface area contributed by atoms with Crippen molar-refractivity contribution < 1.29 is 14.6 Å². The molecule has 5 heteroatoms. The minimum Gasteiger partial charge on any atom is -0.490 e. The molecule has 0 saturated heterocycles. The van der Waals surface area contributed by atoms with Crippen LogP contribution in [0.1, 0.15) is 18.9 Å². The fourth-order valence-corrected chi connectivity index (χ4v) is 2.60. The van der Waals surface area contributed by atoms with Gasteiger partial charge in [-0.15, -0.1) is 0 Å². The van der Waals surface area contributed by atoms with Crippen molar-refractivity contribution in [2.45, 2.75) is 26.0 Å². The Labute approximate surface area is 122 Å². The van der Waals surface area contributed by atoms with Gasteiger partial charge in [0.15, 0.2) is 11.5 Å². The van der Waals surface area contributed by atoms with E-state index in [2.05, 4.69) is 20.8 Å². The predicted molar refractivity (Wildman–Crippen MR) is 77.8 cm³/mol. The van der Waals surface area contributed by atoms with E-state index in [1.807, 2.05) is 19.2 Å². The molecular formula is C14H20BrNO3. The van der Waals surface area contributed by atoms with Crippen LogP contribution in [0.5, 0.6) is 11.5 Å². The van der Waals surface area contributed by atoms with Crippen LogP contribution >= 0.6 is 15.9 Å². The normalized spacial score (nSPS) is 16.3. The topological polar surface area (TPSA) is 41.9 Å². The molecule has 106 valence electrons. The van der Waals surface area contributed by atoms with Crippen LogP contribution in [-0.2, 0) is 6.54 Å². The molecule has 1 aromatic carbocycles. The first-order chi connectivity index (χ1) is 9.06. The molecular weight excluding hydrogens is 310 g/mol. The second-order valence-corrected chi connectivity index (χ2v) is 5.84. The zero-order chi connectivity index (χ0) is 13.8. The molecule has 4 nitrogen and oxygen atoms in total. The number of hydrogen-bond acceptors (Lipinski definition) is 4. The molecule has 1 N–H and O–H groups in total. The highest BCUT2D eigenvalue weighted by molar-refractivity contribution is 9.10. The van der Waals surface area contributed by atoms with Gasteiger partial charge in [-0.2, -0.15) is 0 Å². The highest BCUT2D eigenvalue weighted by atomic mass is 79.9. The summed E-state index contributed by atoms with van der Waals surface area (Å²) in [4.78, 5) is 2.08. The van der Waals surface area contributed by atoms with Crippen LogP contribution in [0.2, 0.25) is 0 Å². The van der Waals surface area contributed by atoms with Crippen molar-refractivity contribution >= 4 is 15.9 Å². The number of benzene rings is 1. The molecule has 0 aromatic heterocycles. The Hall–Kier alpha value is -0.780. The molecule has 1 aromatic rings. The largest absolute Gasteiger partial charge is 0.490 e. The predicted octanol–water partition coefficient (Wildman–Crippen LogP) is 2.42. The fraction of sp³-hybridized carbons (Fsp3) is 0.571. The number of fused-ring (bicyclic) bond motifs is 1. The molecule has 1 aliphatic rings. The lowest BCUT2D eigenvalue weighted by atomic mass is 10.2. The maximum Gasteiger partial charge on any atom is 0.162 e. The van der Waals surface area contributed by atoms with Gasteiger partial charge < -0.3 is 14.6 Å². The number of halogens is 1. The van der Waals surface area contributed by atoms with Gasteiger partial charge in [-0.05, 0) is 31.7 Å². The van der Waals surface area contributed by atoms with Gasteiger partial charge in [0.2, 0.25) is 0 Å². The zero-order valence-corrected chi connectivity index (χ0v) is 12.9. The highest BCUT2D eigenvalue weighted by Crippen LogP contribution is 2.35. The van der Waals surface area contributed by atoms with Crippen molar-refractivity contribution in [3.05, 3.63) is 22.2 Å². The van der Waals surface area contributed by atoms with Crippen LogP contribution in [0.3, 0.4) is 0 Å². The Bertz CT molecular complexity index is 437. The quantitative estimate of drug-likeness (QED) is 0.921. The highest BCUT2D eigenvalue weighted by Gasteiger charge is 2.15. The van der Waals surface area contributed by atoms with Crippen LogP contribution in [0, 0.1) is 0 Å². The van der Waals surface area contributed by atoms with Gasteiger partial charge >= 0.3 is 0 Å². The summed E-state index contributed by atoms with van der Waals surface area (Å²) in [5, 5.41) is 9.40. The standard InChI is InChI=1S/C14H20BrNO3/c1-10(17)8-16(2)9-11-6-13-14(7-12(11)15)19-5-3-4-18-13/h6-7,10,17H,3-5,8-9H2,1-2H3. The Morgan fingerprint density at radius 3 is 2.58 bits per heavy atom. The van der Waals surface area contributed by atoms with Gasteiger partial charge in [0, 0.05) is 24.0 Å². The molecule has 0 spiro atoms. The number of hydrogen-bond donors (Lipinski definition) is 1. The smallest absolute Gasteiger partial charge is 0.162 e. The monoisotopic (exact) mass is 329 g/mol. The Morgan fingerprint density at radius 1 is 1.32 bits per heavy atom. The average Bonchev–Trinajstić information content (AvgIpc) is 2.53. The zero-order valence-electron chi connectivity index (χ0n) is 11.4. The van der Waals surface area contributed by atoms with Crippen LogP contribution in [0.15, 0.2) is 16.6 Å². The molecule has 0 radical (unpaired) electrons. The number of aliphatic hydroxyl groups is 1. The molecule has 0 amide bonds. The molecule has 2 rings (SSSR count). The summed E-state index contributed by atoms with van der Waals surface area (Å²) in [6.45, 7) is 4.57. The second kappa shape index (κ2) is 6.59. The van der Waals surface area contributed by atoms with Gasteiger partial charge in [-0.3, -0.25) is 4.90 Å². The molecule has 0 fully saturated rings. The summed E-state index contributed by atoms with van der Waals surface area (Å²) in [5.74, 6) is 1.60. The van der Waals surface area contributed by atoms with Gasteiger partial charge in [-0.25, -0.2) is 0 Å². The van der Waals surface area contributed by atoms with Crippen molar-refractivity contribution in [2.75, 3.05) is 26.8 Å². The summed E-state index contributed by atoms with van der Waals surface area (Å²) < 4.78 is 12.3. The Kier molecular flexibility index (Phi) is 5.07. The molecule has 0 saturated carbocycles. The van der Waals surface area contributed by atoms with Crippen molar-refractivity contribution in [1.82, 2.24) is 4.90 Å². The molecule has 1 heterocycles. The van der Waals surface area contributed by atoms with Gasteiger partial charge in [0.1, 0.15) is 0 Å². The number of likely N-dealkylation sites (N-methyl/N-ethyl adjacent to an activating group) is 1. The number of rotatable bonds is 4. The molecule has 0 aliphatic carbocycles. The summed E-state index contributed by atoms with van der Waals surface area (Å²) in [6.07, 6.45) is 0.577. The second-order valence-electron chi connectivity index (χ2n) is 4.99. The first-order valence-corrected chi connectivity index (χ1v) is 7.30. The molecule has 1 unspecified atom stereocenters. The molecule has 1 aliphatic heterocycles. The van der Waals surface area contributed by atoms with Gasteiger partial charge in [-0.1, -0.05) is 15.9 Å². The van der Waals surface area contributed by atoms with E-state index in [4.69, 9.17) is 9.47 Å². The summed E-state index contributed by atoms with van der Waals surface area (Å²) in [6, 6.07) is 3.98. The van der Waals surface area contributed by atoms with E-state index >= 15 is 0 Å². The minimum absolute atomic E-state index is 0.329. The van der Waals surface area contributed by atoms with Crippen LogP contribution in [-0.4, -0.2) is 42.9 Å². The third kappa shape index (κ3) is 4.09. The van der Waals surface area contributed by atoms with Crippen LogP contribution < -0.4 is 9.47 Å². The summed E-state index contributed by atoms with van der Waals surface area (Å²) in [7, 11) is 1.99. The van der Waals surface area contributed by atoms with Gasteiger partial charge in [0.05, 0.1) is 19.3 Å². The number of ether oxygens (including phenoxy) is 2. The first-order valence-electron chi connectivity index (χ1n) is 6.51. The van der Waals surface area contributed by atoms with Crippen LogP contribution in [0.4, 0.5) is 0 Å². The lowest BCUT2D eigenvalue weighted by molar-refractivity contribution is 0.138. The van der Waals surface area contributed by atoms with E-state index in [1.165, 1.54) is 0 Å². The van der Waals surface area contributed by atoms with E-state index in [9.17, 15) is 5.11 Å². The maximum atomic E-state index is 9.40.